The van der Waals surface area contributed by atoms with Crippen LogP contribution in [0.1, 0.15) is 92.4 Å². The van der Waals surface area contributed by atoms with Gasteiger partial charge in [-0.3, -0.25) is 9.59 Å². The summed E-state index contributed by atoms with van der Waals surface area (Å²) in [6.45, 7) is 10.2. The SMILES string of the molecule is COC(=O)[C@@]1(C)CC[C@]2(C(=O)O)CC[C@]3(C)C(=CCC4[C@@]5(C)C[C@H](O)[C@H](OC6OC[C@@H](O)[C@H](O)[C@H]6O)[C@@](C)(CO)C5CC[C@]43C)C2C1. The molecular formula is C36H56O11. The normalized spacial score (nSPS) is 54.2. The maximum atomic E-state index is 13.1. The van der Waals surface area contributed by atoms with E-state index < -0.39 is 64.4 Å². The molecule has 11 heteroatoms. The number of fused-ring (bicyclic) bond motifs is 7. The Hall–Kier alpha value is -1.60. The number of allylic oxidation sites excluding steroid dienone is 2. The summed E-state index contributed by atoms with van der Waals surface area (Å²) in [5.41, 5.74) is -2.39. The summed E-state index contributed by atoms with van der Waals surface area (Å²) in [5, 5.41) is 64.3. The zero-order chi connectivity index (χ0) is 34.5. The summed E-state index contributed by atoms with van der Waals surface area (Å²) < 4.78 is 17.0. The molecule has 5 aliphatic carbocycles. The Labute approximate surface area is 277 Å². The molecule has 1 aliphatic heterocycles. The summed E-state index contributed by atoms with van der Waals surface area (Å²) >= 11 is 0. The van der Waals surface area contributed by atoms with Gasteiger partial charge in [0.25, 0.3) is 0 Å². The van der Waals surface area contributed by atoms with E-state index in [0.29, 0.717) is 38.5 Å². The smallest absolute Gasteiger partial charge is 0.311 e. The second-order valence-corrected chi connectivity index (χ2v) is 17.3. The first kappa shape index (κ1) is 35.2. The number of rotatable bonds is 5. The van der Waals surface area contributed by atoms with Gasteiger partial charge in [-0.25, -0.2) is 0 Å². The van der Waals surface area contributed by atoms with Crippen LogP contribution in [0, 0.1) is 50.2 Å². The highest BCUT2D eigenvalue weighted by molar-refractivity contribution is 5.80. The maximum Gasteiger partial charge on any atom is 0.311 e. The Morgan fingerprint density at radius 2 is 1.60 bits per heavy atom. The molecule has 6 aliphatic rings. The van der Waals surface area contributed by atoms with Gasteiger partial charge in [0.2, 0.25) is 0 Å². The van der Waals surface area contributed by atoms with E-state index in [9.17, 15) is 40.2 Å². The molecule has 1 heterocycles. The van der Waals surface area contributed by atoms with E-state index in [1.807, 2.05) is 13.8 Å². The van der Waals surface area contributed by atoms with Gasteiger partial charge in [0.15, 0.2) is 6.29 Å². The van der Waals surface area contributed by atoms with Crippen LogP contribution in [0.2, 0.25) is 0 Å². The number of carbonyl (C=O) groups excluding carboxylic acids is 1. The van der Waals surface area contributed by atoms with Gasteiger partial charge in [0.1, 0.15) is 18.3 Å². The lowest BCUT2D eigenvalue weighted by molar-refractivity contribution is -0.328. The number of aliphatic hydroxyl groups excluding tert-OH is 5. The van der Waals surface area contributed by atoms with Gasteiger partial charge in [-0.1, -0.05) is 39.3 Å². The van der Waals surface area contributed by atoms with Gasteiger partial charge < -0.3 is 44.8 Å². The molecule has 1 saturated heterocycles. The van der Waals surface area contributed by atoms with Crippen LogP contribution in [0.5, 0.6) is 0 Å². The molecule has 266 valence electrons. The highest BCUT2D eigenvalue weighted by atomic mass is 16.7. The molecule has 0 amide bonds. The molecule has 0 bridgehead atoms. The van der Waals surface area contributed by atoms with Crippen LogP contribution in [0.25, 0.3) is 0 Å². The van der Waals surface area contributed by atoms with E-state index in [4.69, 9.17) is 14.2 Å². The Morgan fingerprint density at radius 3 is 2.23 bits per heavy atom. The van der Waals surface area contributed by atoms with E-state index in [-0.39, 0.29) is 47.8 Å². The molecule has 4 saturated carbocycles. The summed E-state index contributed by atoms with van der Waals surface area (Å²) in [4.78, 5) is 26.1. The number of ether oxygens (including phenoxy) is 3. The predicted octanol–water partition coefficient (Wildman–Crippen LogP) is 2.79. The third-order valence-corrected chi connectivity index (χ3v) is 15.3. The molecule has 15 atom stereocenters. The van der Waals surface area contributed by atoms with Crippen molar-refractivity contribution < 1.29 is 54.4 Å². The van der Waals surface area contributed by atoms with Gasteiger partial charge >= 0.3 is 11.9 Å². The second-order valence-electron chi connectivity index (χ2n) is 17.3. The quantitative estimate of drug-likeness (QED) is 0.144. The lowest BCUT2D eigenvalue weighted by Crippen LogP contribution is -2.69. The maximum absolute atomic E-state index is 13.1. The number of esters is 1. The first-order valence-corrected chi connectivity index (χ1v) is 17.5. The molecule has 0 aromatic carbocycles. The van der Waals surface area contributed by atoms with Gasteiger partial charge in [-0.2, -0.15) is 0 Å². The second kappa shape index (κ2) is 11.5. The number of carboxylic acid groups (broad SMARTS) is 1. The van der Waals surface area contributed by atoms with Crippen molar-refractivity contribution in [1.29, 1.82) is 0 Å². The van der Waals surface area contributed by atoms with Crippen LogP contribution in [0.3, 0.4) is 0 Å². The fourth-order valence-corrected chi connectivity index (χ4v) is 12.3. The van der Waals surface area contributed by atoms with Gasteiger partial charge in [-0.15, -0.1) is 0 Å². The van der Waals surface area contributed by atoms with E-state index >= 15 is 0 Å². The number of hydrogen-bond donors (Lipinski definition) is 6. The molecule has 5 fully saturated rings. The third kappa shape index (κ3) is 4.69. The third-order valence-electron chi connectivity index (χ3n) is 15.3. The van der Waals surface area contributed by atoms with Crippen molar-refractivity contribution >= 4 is 11.9 Å². The minimum atomic E-state index is -1.51. The van der Waals surface area contributed by atoms with Crippen LogP contribution < -0.4 is 0 Å². The monoisotopic (exact) mass is 664 g/mol. The summed E-state index contributed by atoms with van der Waals surface area (Å²) in [7, 11) is 1.40. The lowest BCUT2D eigenvalue weighted by Gasteiger charge is -2.71. The van der Waals surface area contributed by atoms with E-state index in [1.54, 1.807) is 0 Å². The average molecular weight is 665 g/mol. The van der Waals surface area contributed by atoms with Crippen LogP contribution in [-0.2, 0) is 23.8 Å². The number of methoxy groups -OCH3 is 1. The standard InChI is InChI=1S/C36H56O11/c1-31(30(44)45-6)11-13-36(29(42)43)14-12-34(4)19(20(36)15-31)7-8-24-32(2)16-21(38)27(47-28-26(41)25(40)22(39)17-46-28)33(3,18-37)23(32)9-10-35(24,34)5/h7,20-28,37-41H,8-18H2,1-6H3,(H,42,43)/t20?,21-,22+,23?,24?,25-,26+,27-,28?,31-,32-,33-,34+,35+,36-/m0/s1. The van der Waals surface area contributed by atoms with Crippen molar-refractivity contribution in [3.05, 3.63) is 11.6 Å². The summed E-state index contributed by atoms with van der Waals surface area (Å²) in [5.74, 6) is -1.29. The Kier molecular flexibility index (Phi) is 8.60. The number of hydrogen-bond acceptors (Lipinski definition) is 10. The van der Waals surface area contributed by atoms with E-state index in [1.165, 1.54) is 7.11 Å². The number of aliphatic hydroxyl groups is 5. The van der Waals surface area contributed by atoms with Crippen molar-refractivity contribution in [3.63, 3.8) is 0 Å². The molecule has 47 heavy (non-hydrogen) atoms. The number of carboxylic acids is 1. The van der Waals surface area contributed by atoms with Crippen molar-refractivity contribution in [2.45, 2.75) is 129 Å². The molecule has 6 N–H and O–H groups in total. The zero-order valence-corrected chi connectivity index (χ0v) is 28.8. The van der Waals surface area contributed by atoms with Gasteiger partial charge in [-0.05, 0) is 98.7 Å². The number of carbonyl (C=O) groups is 2. The van der Waals surface area contributed by atoms with E-state index in [2.05, 4.69) is 26.8 Å². The predicted molar refractivity (Wildman–Crippen MR) is 168 cm³/mol. The highest BCUT2D eigenvalue weighted by Gasteiger charge is 2.71. The molecular weight excluding hydrogens is 608 g/mol. The average Bonchev–Trinajstić information content (AvgIpc) is 3.02. The molecule has 6 rings (SSSR count). The molecule has 0 aromatic heterocycles. The van der Waals surface area contributed by atoms with Gasteiger partial charge in [0.05, 0.1) is 43.4 Å². The molecule has 0 radical (unpaired) electrons. The minimum absolute atomic E-state index is 0.0553. The van der Waals surface area contributed by atoms with Crippen LogP contribution in [0.15, 0.2) is 11.6 Å². The zero-order valence-electron chi connectivity index (χ0n) is 28.8. The van der Waals surface area contributed by atoms with Gasteiger partial charge in [0, 0.05) is 5.41 Å². The fourth-order valence-electron chi connectivity index (χ4n) is 12.3. The first-order valence-electron chi connectivity index (χ1n) is 17.5. The van der Waals surface area contributed by atoms with Crippen LogP contribution in [-0.4, -0.2) is 99.7 Å². The van der Waals surface area contributed by atoms with Crippen molar-refractivity contribution in [2.75, 3.05) is 20.3 Å². The van der Waals surface area contributed by atoms with E-state index in [0.717, 1.165) is 24.8 Å². The Bertz CT molecular complexity index is 1300. The van der Waals surface area contributed by atoms with Crippen molar-refractivity contribution in [3.8, 4) is 0 Å². The highest BCUT2D eigenvalue weighted by Crippen LogP contribution is 2.76. The summed E-state index contributed by atoms with van der Waals surface area (Å²) in [6, 6.07) is 0. The Morgan fingerprint density at radius 1 is 0.915 bits per heavy atom. The minimum Gasteiger partial charge on any atom is -0.481 e. The molecule has 0 aromatic rings. The van der Waals surface area contributed by atoms with Crippen LogP contribution >= 0.6 is 0 Å². The molecule has 11 nitrogen and oxygen atoms in total. The lowest BCUT2D eigenvalue weighted by atomic mass is 9.33. The largest absolute Gasteiger partial charge is 0.481 e. The summed E-state index contributed by atoms with van der Waals surface area (Å²) in [6.07, 6.45) is 0.204. The first-order chi connectivity index (χ1) is 21.9. The molecule has 4 unspecified atom stereocenters. The topological polar surface area (TPSA) is 183 Å². The fraction of sp³-hybridized carbons (Fsp3) is 0.889. The Balaban J connectivity index is 1.35. The number of aliphatic carboxylic acids is 1. The van der Waals surface area contributed by atoms with Crippen LogP contribution in [0.4, 0.5) is 0 Å². The molecule has 0 spiro atoms. The van der Waals surface area contributed by atoms with Crippen molar-refractivity contribution in [2.24, 2.45) is 50.2 Å². The van der Waals surface area contributed by atoms with Crippen molar-refractivity contribution in [1.82, 2.24) is 0 Å².